The minimum absolute atomic E-state index is 0.0293. The lowest BCUT2D eigenvalue weighted by Gasteiger charge is -2.28. The molecule has 1 N–H and O–H groups in total. The van der Waals surface area contributed by atoms with Gasteiger partial charge in [0.1, 0.15) is 5.70 Å². The number of nitrogens with one attached hydrogen (secondary N) is 1. The second kappa shape index (κ2) is 6.42. The van der Waals surface area contributed by atoms with Gasteiger partial charge in [-0.1, -0.05) is 23.8 Å². The van der Waals surface area contributed by atoms with Crippen molar-refractivity contribution in [3.8, 4) is 0 Å². The third-order valence-corrected chi connectivity index (χ3v) is 6.04. The number of hydrogen-bond acceptors (Lipinski definition) is 2. The molecule has 4 aliphatic rings. The molecule has 1 aliphatic heterocycles. The Morgan fingerprint density at radius 1 is 1.32 bits per heavy atom. The highest BCUT2D eigenvalue weighted by Gasteiger charge is 2.44. The molecule has 1 saturated carbocycles. The Kier molecular flexibility index (Phi) is 4.38. The number of ether oxygens (including phenoxy) is 1. The number of carbonyl (C=O) groups is 1. The van der Waals surface area contributed by atoms with E-state index in [-0.39, 0.29) is 16.6 Å². The molecule has 0 radical (unpaired) electrons. The SMILES string of the molecule is C[N+]1(C)C(=O)NC2=CCC(CC3=C(Cl)C=CCC3OCC3CC3)C=C21. The summed E-state index contributed by atoms with van der Waals surface area (Å²) in [6.45, 7) is 0.852. The Hall–Kier alpha value is -1.36. The van der Waals surface area contributed by atoms with Crippen molar-refractivity contribution in [1.29, 1.82) is 0 Å². The van der Waals surface area contributed by atoms with Gasteiger partial charge < -0.3 is 4.74 Å². The Labute approximate surface area is 154 Å². The maximum Gasteiger partial charge on any atom is 0.425 e. The first-order valence-corrected chi connectivity index (χ1v) is 9.58. The van der Waals surface area contributed by atoms with Crippen LogP contribution in [0.5, 0.6) is 0 Å². The Morgan fingerprint density at radius 2 is 2.12 bits per heavy atom. The summed E-state index contributed by atoms with van der Waals surface area (Å²) in [4.78, 5) is 12.1. The van der Waals surface area contributed by atoms with Crippen molar-refractivity contribution in [1.82, 2.24) is 5.32 Å². The van der Waals surface area contributed by atoms with Crippen LogP contribution in [0, 0.1) is 11.8 Å². The first kappa shape index (κ1) is 17.1. The molecule has 25 heavy (non-hydrogen) atoms. The first-order valence-electron chi connectivity index (χ1n) is 9.20. The zero-order chi connectivity index (χ0) is 17.6. The fourth-order valence-electron chi connectivity index (χ4n) is 3.78. The number of nitrogens with zero attached hydrogens (tertiary/aromatic N) is 1. The van der Waals surface area contributed by atoms with Crippen LogP contribution in [0.1, 0.15) is 32.1 Å². The van der Waals surface area contributed by atoms with Crippen LogP contribution in [0.2, 0.25) is 0 Å². The molecule has 0 spiro atoms. The lowest BCUT2D eigenvalue weighted by molar-refractivity contribution is -0.759. The van der Waals surface area contributed by atoms with Crippen molar-refractivity contribution >= 4 is 17.6 Å². The zero-order valence-corrected chi connectivity index (χ0v) is 15.7. The van der Waals surface area contributed by atoms with Crippen molar-refractivity contribution in [2.24, 2.45) is 11.8 Å². The third kappa shape index (κ3) is 3.35. The number of halogens is 1. The second-order valence-electron chi connectivity index (χ2n) is 8.03. The molecule has 2 fully saturated rings. The molecule has 1 saturated heterocycles. The Bertz CT molecular complexity index is 713. The Balaban J connectivity index is 1.50. The number of likely N-dealkylation sites (N-methyl/N-ethyl adjacent to an activating group) is 1. The standard InChI is InChI=1S/C20H25ClN2O2/c1-23(2)18-11-14(8-9-17(18)22-20(23)24)10-15-16(21)4-3-5-19(15)25-12-13-6-7-13/h3-4,9,11,13-14,19H,5-8,10,12H2,1-2H3/p+1. The third-order valence-electron chi connectivity index (χ3n) is 5.67. The molecule has 0 aromatic rings. The zero-order valence-electron chi connectivity index (χ0n) is 14.9. The normalized spacial score (nSPS) is 30.8. The second-order valence-corrected chi connectivity index (χ2v) is 8.44. The predicted octanol–water partition coefficient (Wildman–Crippen LogP) is 4.21. The van der Waals surface area contributed by atoms with E-state index in [1.165, 1.54) is 18.4 Å². The molecule has 5 heteroatoms. The van der Waals surface area contributed by atoms with Gasteiger partial charge in [-0.3, -0.25) is 5.32 Å². The number of rotatable bonds is 5. The monoisotopic (exact) mass is 361 g/mol. The maximum absolute atomic E-state index is 12.1. The molecule has 3 aliphatic carbocycles. The fraction of sp³-hybridized carbons (Fsp3) is 0.550. The van der Waals surface area contributed by atoms with E-state index in [9.17, 15) is 4.79 Å². The summed E-state index contributed by atoms with van der Waals surface area (Å²) < 4.78 is 6.44. The number of urea groups is 1. The smallest absolute Gasteiger partial charge is 0.373 e. The number of quaternary nitrogens is 1. The van der Waals surface area contributed by atoms with E-state index >= 15 is 0 Å². The molecular formula is C20H26ClN2O2+. The molecule has 4 nitrogen and oxygen atoms in total. The van der Waals surface area contributed by atoms with Crippen LogP contribution in [0.3, 0.4) is 0 Å². The predicted molar refractivity (Wildman–Crippen MR) is 98.6 cm³/mol. The summed E-state index contributed by atoms with van der Waals surface area (Å²) in [5, 5.41) is 3.81. The van der Waals surface area contributed by atoms with Gasteiger partial charge in [-0.2, -0.15) is 0 Å². The number of amides is 2. The van der Waals surface area contributed by atoms with Gasteiger partial charge in [-0.15, -0.1) is 0 Å². The highest BCUT2D eigenvalue weighted by Crippen LogP contribution is 2.38. The van der Waals surface area contributed by atoms with E-state index in [1.807, 2.05) is 20.2 Å². The maximum atomic E-state index is 12.1. The van der Waals surface area contributed by atoms with E-state index in [2.05, 4.69) is 23.5 Å². The average Bonchev–Trinajstić information content (AvgIpc) is 3.37. The molecule has 134 valence electrons. The number of allylic oxidation sites excluding steroid dienone is 4. The number of fused-ring (bicyclic) bond motifs is 1. The van der Waals surface area contributed by atoms with Gasteiger partial charge in [-0.05, 0) is 61.7 Å². The molecule has 4 rings (SSSR count). The molecule has 2 atom stereocenters. The van der Waals surface area contributed by atoms with Gasteiger partial charge in [0.2, 0.25) is 0 Å². The van der Waals surface area contributed by atoms with E-state index in [4.69, 9.17) is 16.3 Å². The van der Waals surface area contributed by atoms with Crippen LogP contribution in [-0.4, -0.2) is 37.3 Å². The van der Waals surface area contributed by atoms with Crippen molar-refractivity contribution in [3.05, 3.63) is 46.3 Å². The minimum atomic E-state index is 0.0293. The largest absolute Gasteiger partial charge is 0.425 e. The van der Waals surface area contributed by atoms with E-state index in [0.29, 0.717) is 5.92 Å². The van der Waals surface area contributed by atoms with Crippen molar-refractivity contribution < 1.29 is 14.0 Å². The van der Waals surface area contributed by atoms with Crippen molar-refractivity contribution in [2.75, 3.05) is 20.7 Å². The Morgan fingerprint density at radius 3 is 2.88 bits per heavy atom. The number of carbonyl (C=O) groups excluding carboxylic acids is 1. The summed E-state index contributed by atoms with van der Waals surface area (Å²) in [6.07, 6.45) is 13.9. The van der Waals surface area contributed by atoms with E-state index < -0.39 is 0 Å². The summed E-state index contributed by atoms with van der Waals surface area (Å²) in [7, 11) is 3.86. The van der Waals surface area contributed by atoms with Gasteiger partial charge in [0, 0.05) is 5.03 Å². The van der Waals surface area contributed by atoms with Crippen LogP contribution in [0.25, 0.3) is 0 Å². The van der Waals surface area contributed by atoms with Gasteiger partial charge in [0.25, 0.3) is 0 Å². The van der Waals surface area contributed by atoms with Gasteiger partial charge in [0.05, 0.1) is 26.8 Å². The van der Waals surface area contributed by atoms with Crippen LogP contribution >= 0.6 is 11.6 Å². The molecule has 2 unspecified atom stereocenters. The number of hydrogen-bond donors (Lipinski definition) is 1. The highest BCUT2D eigenvalue weighted by atomic mass is 35.5. The van der Waals surface area contributed by atoms with Crippen molar-refractivity contribution in [2.45, 2.75) is 38.2 Å². The summed E-state index contributed by atoms with van der Waals surface area (Å²) >= 11 is 6.52. The first-order chi connectivity index (χ1) is 11.9. The van der Waals surface area contributed by atoms with Crippen molar-refractivity contribution in [3.63, 3.8) is 0 Å². The van der Waals surface area contributed by atoms with Crippen LogP contribution in [0.4, 0.5) is 4.79 Å². The quantitative estimate of drug-likeness (QED) is 0.745. The molecule has 0 aromatic heterocycles. The molecule has 0 aromatic carbocycles. The lowest BCUT2D eigenvalue weighted by atomic mass is 9.86. The topological polar surface area (TPSA) is 38.3 Å². The fourth-order valence-corrected chi connectivity index (χ4v) is 4.07. The minimum Gasteiger partial charge on any atom is -0.373 e. The van der Waals surface area contributed by atoms with Crippen LogP contribution in [-0.2, 0) is 4.74 Å². The van der Waals surface area contributed by atoms with E-state index in [1.54, 1.807) is 0 Å². The summed E-state index contributed by atoms with van der Waals surface area (Å²) in [5.41, 5.74) is 3.25. The summed E-state index contributed by atoms with van der Waals surface area (Å²) in [6, 6.07) is 0.0293. The average molecular weight is 362 g/mol. The molecule has 0 bridgehead atoms. The summed E-state index contributed by atoms with van der Waals surface area (Å²) in [5.74, 6) is 1.10. The molecule has 1 heterocycles. The molecular weight excluding hydrogens is 336 g/mol. The molecule has 2 amide bonds. The highest BCUT2D eigenvalue weighted by molar-refractivity contribution is 6.31. The van der Waals surface area contributed by atoms with E-state index in [0.717, 1.165) is 48.2 Å². The van der Waals surface area contributed by atoms with Crippen LogP contribution in [0.15, 0.2) is 46.3 Å². The van der Waals surface area contributed by atoms with Gasteiger partial charge in [-0.25, -0.2) is 9.28 Å². The van der Waals surface area contributed by atoms with Gasteiger partial charge >= 0.3 is 6.03 Å². The van der Waals surface area contributed by atoms with Crippen LogP contribution < -0.4 is 5.32 Å². The lowest BCUT2D eigenvalue weighted by Crippen LogP contribution is -2.41. The van der Waals surface area contributed by atoms with Gasteiger partial charge in [0.15, 0.2) is 5.70 Å².